The summed E-state index contributed by atoms with van der Waals surface area (Å²) in [6.45, 7) is 4.61. The zero-order chi connectivity index (χ0) is 20.4. The Morgan fingerprint density at radius 2 is 1.82 bits per heavy atom. The largest absolute Gasteiger partial charge is 0.462 e. The van der Waals surface area contributed by atoms with Crippen molar-refractivity contribution in [3.63, 3.8) is 0 Å². The molecule has 2 amide bonds. The van der Waals surface area contributed by atoms with E-state index in [1.807, 2.05) is 0 Å². The van der Waals surface area contributed by atoms with Crippen molar-refractivity contribution in [3.05, 3.63) is 59.4 Å². The zero-order valence-corrected chi connectivity index (χ0v) is 16.2. The lowest BCUT2D eigenvalue weighted by Crippen LogP contribution is -2.26. The first-order valence-electron chi connectivity index (χ1n) is 9.38. The van der Waals surface area contributed by atoms with Gasteiger partial charge in [0, 0.05) is 18.3 Å². The Labute approximate surface area is 164 Å². The van der Waals surface area contributed by atoms with Crippen LogP contribution in [0.15, 0.2) is 42.6 Å². The molecule has 0 saturated carbocycles. The van der Waals surface area contributed by atoms with Gasteiger partial charge in [-0.1, -0.05) is 31.9 Å². The fraction of sp³-hybridized carbons (Fsp3) is 0.333. The molecule has 0 atom stereocenters. The van der Waals surface area contributed by atoms with Crippen molar-refractivity contribution in [1.29, 1.82) is 0 Å². The third kappa shape index (κ3) is 5.90. The highest BCUT2D eigenvalue weighted by Gasteiger charge is 2.16. The standard InChI is InChI=1S/C21H25N3O4/c1-3-5-8-12-23-20(26)18-14-15(11-13-22-18)19(25)24-17-10-7-6-9-16(17)21(27)28-4-2/h6-7,9-11,13-14H,3-5,8,12H2,1-2H3,(H,23,26)(H,24,25). The number of ether oxygens (including phenoxy) is 1. The number of carbonyl (C=O) groups is 3. The second-order valence-corrected chi connectivity index (χ2v) is 6.11. The average Bonchev–Trinajstić information content (AvgIpc) is 2.71. The number of benzene rings is 1. The lowest BCUT2D eigenvalue weighted by molar-refractivity contribution is 0.0527. The highest BCUT2D eigenvalue weighted by Crippen LogP contribution is 2.17. The van der Waals surface area contributed by atoms with Gasteiger partial charge in [-0.3, -0.25) is 14.6 Å². The summed E-state index contributed by atoms with van der Waals surface area (Å²) in [7, 11) is 0. The minimum Gasteiger partial charge on any atom is -0.462 e. The molecule has 1 aromatic heterocycles. The lowest BCUT2D eigenvalue weighted by atomic mass is 10.1. The number of rotatable bonds is 9. The van der Waals surface area contributed by atoms with Crippen LogP contribution < -0.4 is 10.6 Å². The number of nitrogens with one attached hydrogen (secondary N) is 2. The number of anilines is 1. The first kappa shape index (κ1) is 21.1. The molecule has 0 aliphatic carbocycles. The minimum atomic E-state index is -0.514. The van der Waals surface area contributed by atoms with Crippen LogP contribution in [0.1, 0.15) is 64.3 Å². The molecule has 1 aromatic carbocycles. The maximum atomic E-state index is 12.6. The molecule has 0 radical (unpaired) electrons. The topological polar surface area (TPSA) is 97.4 Å². The molecule has 0 fully saturated rings. The number of amides is 2. The SMILES string of the molecule is CCCCCNC(=O)c1cc(C(=O)Nc2ccccc2C(=O)OCC)ccn1. The molecule has 0 spiro atoms. The summed E-state index contributed by atoms with van der Waals surface area (Å²) >= 11 is 0. The summed E-state index contributed by atoms with van der Waals surface area (Å²) in [6.07, 6.45) is 4.41. The van der Waals surface area contributed by atoms with Crippen LogP contribution in [0.25, 0.3) is 0 Å². The van der Waals surface area contributed by atoms with E-state index in [2.05, 4.69) is 22.5 Å². The molecule has 2 N–H and O–H groups in total. The Hall–Kier alpha value is -3.22. The average molecular weight is 383 g/mol. The molecule has 148 valence electrons. The smallest absolute Gasteiger partial charge is 0.340 e. The molecule has 0 bridgehead atoms. The van der Waals surface area contributed by atoms with Gasteiger partial charge in [0.2, 0.25) is 0 Å². The number of pyridine rings is 1. The van der Waals surface area contributed by atoms with E-state index in [1.54, 1.807) is 31.2 Å². The number of esters is 1. The number of nitrogens with zero attached hydrogens (tertiary/aromatic N) is 1. The van der Waals surface area contributed by atoms with Crippen LogP contribution >= 0.6 is 0 Å². The van der Waals surface area contributed by atoms with E-state index in [4.69, 9.17) is 4.74 Å². The van der Waals surface area contributed by atoms with Gasteiger partial charge in [-0.05, 0) is 37.6 Å². The fourth-order valence-electron chi connectivity index (χ4n) is 2.54. The van der Waals surface area contributed by atoms with Gasteiger partial charge in [-0.2, -0.15) is 0 Å². The van der Waals surface area contributed by atoms with Gasteiger partial charge in [0.05, 0.1) is 17.9 Å². The highest BCUT2D eigenvalue weighted by atomic mass is 16.5. The number of hydrogen-bond acceptors (Lipinski definition) is 5. The maximum absolute atomic E-state index is 12.6. The van der Waals surface area contributed by atoms with Crippen molar-refractivity contribution in [2.75, 3.05) is 18.5 Å². The Morgan fingerprint density at radius 3 is 2.57 bits per heavy atom. The van der Waals surface area contributed by atoms with Crippen molar-refractivity contribution in [2.24, 2.45) is 0 Å². The molecule has 0 unspecified atom stereocenters. The second-order valence-electron chi connectivity index (χ2n) is 6.11. The van der Waals surface area contributed by atoms with Crippen LogP contribution in [0.5, 0.6) is 0 Å². The van der Waals surface area contributed by atoms with Gasteiger partial charge in [0.1, 0.15) is 5.69 Å². The van der Waals surface area contributed by atoms with Crippen molar-refractivity contribution in [2.45, 2.75) is 33.1 Å². The Morgan fingerprint density at radius 1 is 1.04 bits per heavy atom. The van der Waals surface area contributed by atoms with Crippen LogP contribution in [0.4, 0.5) is 5.69 Å². The summed E-state index contributed by atoms with van der Waals surface area (Å²) in [5.41, 5.74) is 1.05. The maximum Gasteiger partial charge on any atom is 0.340 e. The summed E-state index contributed by atoms with van der Waals surface area (Å²) in [5, 5.41) is 5.49. The molecule has 28 heavy (non-hydrogen) atoms. The number of hydrogen-bond donors (Lipinski definition) is 2. The normalized spacial score (nSPS) is 10.2. The first-order chi connectivity index (χ1) is 13.6. The van der Waals surface area contributed by atoms with Crippen LogP contribution in [0.2, 0.25) is 0 Å². The Balaban J connectivity index is 2.09. The summed E-state index contributed by atoms with van der Waals surface area (Å²) in [5.74, 6) is -1.28. The first-order valence-corrected chi connectivity index (χ1v) is 9.38. The van der Waals surface area contributed by atoms with E-state index < -0.39 is 11.9 Å². The van der Waals surface area contributed by atoms with Crippen LogP contribution in [-0.4, -0.2) is 35.9 Å². The summed E-state index contributed by atoms with van der Waals surface area (Å²) in [4.78, 5) is 40.9. The molecule has 0 aliphatic rings. The van der Waals surface area contributed by atoms with E-state index in [0.29, 0.717) is 12.2 Å². The molecule has 7 heteroatoms. The Bertz CT molecular complexity index is 836. The molecule has 0 aliphatic heterocycles. The van der Waals surface area contributed by atoms with Crippen molar-refractivity contribution >= 4 is 23.5 Å². The molecular weight excluding hydrogens is 358 g/mol. The van der Waals surface area contributed by atoms with Crippen LogP contribution in [0, 0.1) is 0 Å². The molecule has 0 saturated heterocycles. The van der Waals surface area contributed by atoms with Gasteiger partial charge in [-0.25, -0.2) is 4.79 Å². The molecule has 1 heterocycles. The third-order valence-corrected chi connectivity index (χ3v) is 3.99. The molecule has 2 aromatic rings. The van der Waals surface area contributed by atoms with Gasteiger partial charge in [0.25, 0.3) is 11.8 Å². The second kappa shape index (κ2) is 10.8. The van der Waals surface area contributed by atoms with E-state index in [9.17, 15) is 14.4 Å². The van der Waals surface area contributed by atoms with E-state index in [-0.39, 0.29) is 29.3 Å². The number of unbranched alkanes of at least 4 members (excludes halogenated alkanes) is 2. The summed E-state index contributed by atoms with van der Waals surface area (Å²) in [6, 6.07) is 9.53. The van der Waals surface area contributed by atoms with E-state index >= 15 is 0 Å². The van der Waals surface area contributed by atoms with Crippen molar-refractivity contribution < 1.29 is 19.1 Å². The van der Waals surface area contributed by atoms with E-state index in [1.165, 1.54) is 18.3 Å². The third-order valence-electron chi connectivity index (χ3n) is 3.99. The van der Waals surface area contributed by atoms with Gasteiger partial charge >= 0.3 is 5.97 Å². The number of para-hydroxylation sites is 1. The van der Waals surface area contributed by atoms with Crippen molar-refractivity contribution in [3.8, 4) is 0 Å². The predicted molar refractivity (Wildman–Crippen MR) is 106 cm³/mol. The quantitative estimate of drug-likeness (QED) is 0.511. The number of aromatic nitrogens is 1. The molecule has 2 rings (SSSR count). The van der Waals surface area contributed by atoms with Gasteiger partial charge < -0.3 is 15.4 Å². The summed E-state index contributed by atoms with van der Waals surface area (Å²) < 4.78 is 5.01. The van der Waals surface area contributed by atoms with E-state index in [0.717, 1.165) is 19.3 Å². The highest BCUT2D eigenvalue weighted by molar-refractivity contribution is 6.08. The van der Waals surface area contributed by atoms with Gasteiger partial charge in [-0.15, -0.1) is 0 Å². The van der Waals surface area contributed by atoms with Crippen LogP contribution in [0.3, 0.4) is 0 Å². The zero-order valence-electron chi connectivity index (χ0n) is 16.2. The molecule has 7 nitrogen and oxygen atoms in total. The molecular formula is C21H25N3O4. The lowest BCUT2D eigenvalue weighted by Gasteiger charge is -2.11. The number of carbonyl (C=O) groups excluding carboxylic acids is 3. The van der Waals surface area contributed by atoms with Crippen molar-refractivity contribution in [1.82, 2.24) is 10.3 Å². The fourth-order valence-corrected chi connectivity index (χ4v) is 2.54. The minimum absolute atomic E-state index is 0.169. The predicted octanol–water partition coefficient (Wildman–Crippen LogP) is 3.43. The van der Waals surface area contributed by atoms with Gasteiger partial charge in [0.15, 0.2) is 0 Å². The Kier molecular flexibility index (Phi) is 8.14. The monoisotopic (exact) mass is 383 g/mol. The van der Waals surface area contributed by atoms with Crippen LogP contribution in [-0.2, 0) is 4.74 Å².